The number of H-pyrrole nitrogens is 1. The van der Waals surface area contributed by atoms with Crippen molar-refractivity contribution in [1.82, 2.24) is 4.98 Å². The van der Waals surface area contributed by atoms with Crippen LogP contribution in [0.5, 0.6) is 0 Å². The number of carbonyl (C=O) groups is 3. The van der Waals surface area contributed by atoms with E-state index >= 15 is 0 Å². The van der Waals surface area contributed by atoms with E-state index in [9.17, 15) is 14.4 Å². The van der Waals surface area contributed by atoms with Crippen molar-refractivity contribution in [3.8, 4) is 0 Å². The zero-order chi connectivity index (χ0) is 20.8. The van der Waals surface area contributed by atoms with Crippen LogP contribution in [0.4, 0.5) is 0 Å². The maximum absolute atomic E-state index is 12.6. The van der Waals surface area contributed by atoms with E-state index in [2.05, 4.69) is 4.98 Å². The second-order valence-corrected chi connectivity index (χ2v) is 7.50. The van der Waals surface area contributed by atoms with Gasteiger partial charge in [0, 0.05) is 16.3 Å². The first-order valence-corrected chi connectivity index (χ1v) is 9.98. The Morgan fingerprint density at radius 3 is 2.36 bits per heavy atom. The first-order valence-electron chi connectivity index (χ1n) is 8.99. The van der Waals surface area contributed by atoms with E-state index in [1.807, 2.05) is 32.0 Å². The molecule has 0 saturated heterocycles. The van der Waals surface area contributed by atoms with Crippen LogP contribution in [0.25, 0.3) is 0 Å². The van der Waals surface area contributed by atoms with Crippen molar-refractivity contribution in [1.29, 1.82) is 0 Å². The van der Waals surface area contributed by atoms with Crippen LogP contribution < -0.4 is 0 Å². The van der Waals surface area contributed by atoms with Crippen LogP contribution in [0, 0.1) is 27.7 Å². The molecule has 1 N–H and O–H groups in total. The number of carbonyl (C=O) groups excluding carboxylic acids is 3. The Bertz CT molecular complexity index is 900. The number of aromatic nitrogens is 1. The summed E-state index contributed by atoms with van der Waals surface area (Å²) in [5.74, 6) is -1.38. The van der Waals surface area contributed by atoms with E-state index in [0.29, 0.717) is 11.4 Å². The lowest BCUT2D eigenvalue weighted by Crippen LogP contribution is -2.19. The molecule has 0 aliphatic rings. The number of ketones is 1. The van der Waals surface area contributed by atoms with Gasteiger partial charge in [0.05, 0.1) is 23.5 Å². The van der Waals surface area contributed by atoms with Gasteiger partial charge in [0.1, 0.15) is 0 Å². The molecule has 0 fully saturated rings. The normalized spacial score (nSPS) is 10.6. The van der Waals surface area contributed by atoms with Crippen molar-refractivity contribution in [3.05, 3.63) is 51.8 Å². The van der Waals surface area contributed by atoms with Crippen LogP contribution in [-0.4, -0.2) is 41.7 Å². The highest BCUT2D eigenvalue weighted by Gasteiger charge is 2.26. The zero-order valence-electron chi connectivity index (χ0n) is 16.8. The average Bonchev–Trinajstić information content (AvgIpc) is 2.94. The smallest absolute Gasteiger partial charge is 0.340 e. The minimum atomic E-state index is -0.565. The number of thioether (sulfide) groups is 1. The topological polar surface area (TPSA) is 85.5 Å². The highest BCUT2D eigenvalue weighted by atomic mass is 32.2. The predicted molar refractivity (Wildman–Crippen MR) is 108 cm³/mol. The molecule has 0 atom stereocenters. The van der Waals surface area contributed by atoms with Crippen molar-refractivity contribution < 1.29 is 23.9 Å². The van der Waals surface area contributed by atoms with Gasteiger partial charge >= 0.3 is 11.9 Å². The predicted octanol–water partition coefficient (Wildman–Crippen LogP) is 3.94. The maximum Gasteiger partial charge on any atom is 0.340 e. The Morgan fingerprint density at radius 1 is 1.00 bits per heavy atom. The monoisotopic (exact) mass is 403 g/mol. The number of Topliss-reactive ketones (excluding diaryl/α,β-unsaturated/α-hetero) is 1. The van der Waals surface area contributed by atoms with Gasteiger partial charge in [-0.2, -0.15) is 0 Å². The van der Waals surface area contributed by atoms with E-state index in [0.717, 1.165) is 16.0 Å². The summed E-state index contributed by atoms with van der Waals surface area (Å²) in [7, 11) is 0. The van der Waals surface area contributed by atoms with E-state index < -0.39 is 24.3 Å². The molecule has 0 aliphatic heterocycles. The molecule has 0 radical (unpaired) electrons. The Labute approximate surface area is 169 Å². The molecule has 0 unspecified atom stereocenters. The lowest BCUT2D eigenvalue weighted by Gasteiger charge is -2.08. The molecule has 0 amide bonds. The molecule has 28 heavy (non-hydrogen) atoms. The number of benzene rings is 1. The van der Waals surface area contributed by atoms with Gasteiger partial charge in [-0.1, -0.05) is 17.7 Å². The summed E-state index contributed by atoms with van der Waals surface area (Å²) in [6, 6.07) is 6.02. The summed E-state index contributed by atoms with van der Waals surface area (Å²) in [4.78, 5) is 40.8. The van der Waals surface area contributed by atoms with Crippen LogP contribution >= 0.6 is 11.8 Å². The van der Waals surface area contributed by atoms with Gasteiger partial charge in [0.2, 0.25) is 5.78 Å². The molecule has 6 nitrogen and oxygen atoms in total. The molecule has 0 bridgehead atoms. The van der Waals surface area contributed by atoms with Crippen molar-refractivity contribution in [2.45, 2.75) is 39.5 Å². The molecule has 1 aromatic heterocycles. The minimum Gasteiger partial charge on any atom is -0.462 e. The zero-order valence-corrected chi connectivity index (χ0v) is 17.6. The summed E-state index contributed by atoms with van der Waals surface area (Å²) < 4.78 is 10.2. The number of nitrogens with one attached hydrogen (secondary N) is 1. The molecule has 1 heterocycles. The average molecular weight is 404 g/mol. The number of aryl methyl sites for hydroxylation is 4. The van der Waals surface area contributed by atoms with Crippen LogP contribution in [-0.2, 0) is 14.3 Å². The molecule has 0 aliphatic carbocycles. The third-order valence-electron chi connectivity index (χ3n) is 4.19. The summed E-state index contributed by atoms with van der Waals surface area (Å²) in [5, 5.41) is 0. The van der Waals surface area contributed by atoms with E-state index in [1.165, 1.54) is 11.8 Å². The molecule has 2 aromatic rings. The first kappa shape index (κ1) is 21.8. The lowest BCUT2D eigenvalue weighted by molar-refractivity contribution is -0.139. The maximum atomic E-state index is 12.6. The molecular weight excluding hydrogens is 378 g/mol. The molecule has 2 rings (SSSR count). The lowest BCUT2D eigenvalue weighted by atomic mass is 10.1. The molecular formula is C21H25NO5S. The number of hydrogen-bond acceptors (Lipinski definition) is 6. The fourth-order valence-corrected chi connectivity index (χ4v) is 3.77. The largest absolute Gasteiger partial charge is 0.462 e. The second kappa shape index (κ2) is 9.59. The summed E-state index contributed by atoms with van der Waals surface area (Å²) in [6.45, 7) is 8.85. The highest BCUT2D eigenvalue weighted by Crippen LogP contribution is 2.24. The summed E-state index contributed by atoms with van der Waals surface area (Å²) >= 11 is 1.37. The van der Waals surface area contributed by atoms with Gasteiger partial charge in [-0.15, -0.1) is 11.8 Å². The second-order valence-electron chi connectivity index (χ2n) is 6.49. The van der Waals surface area contributed by atoms with Crippen LogP contribution in [0.15, 0.2) is 23.1 Å². The van der Waals surface area contributed by atoms with E-state index in [4.69, 9.17) is 9.47 Å². The Hall–Kier alpha value is -2.54. The van der Waals surface area contributed by atoms with Gasteiger partial charge < -0.3 is 14.5 Å². The van der Waals surface area contributed by atoms with Crippen molar-refractivity contribution in [2.75, 3.05) is 19.0 Å². The van der Waals surface area contributed by atoms with Crippen LogP contribution in [0.1, 0.15) is 50.2 Å². The third kappa shape index (κ3) is 5.25. The van der Waals surface area contributed by atoms with E-state index in [-0.39, 0.29) is 23.5 Å². The summed E-state index contributed by atoms with van der Waals surface area (Å²) in [5.41, 5.74) is 3.71. The van der Waals surface area contributed by atoms with Gasteiger partial charge in [-0.25, -0.2) is 4.79 Å². The number of rotatable bonds is 8. The van der Waals surface area contributed by atoms with Crippen molar-refractivity contribution in [3.63, 3.8) is 0 Å². The first-order chi connectivity index (χ1) is 13.2. The fourth-order valence-electron chi connectivity index (χ4n) is 2.85. The fraction of sp³-hybridized carbons (Fsp3) is 0.381. The van der Waals surface area contributed by atoms with Crippen LogP contribution in [0.3, 0.4) is 0 Å². The molecule has 0 spiro atoms. The molecule has 1 aromatic carbocycles. The van der Waals surface area contributed by atoms with Gasteiger partial charge in [0.15, 0.2) is 6.61 Å². The third-order valence-corrected chi connectivity index (χ3v) is 5.32. The van der Waals surface area contributed by atoms with E-state index in [1.54, 1.807) is 20.8 Å². The highest BCUT2D eigenvalue weighted by molar-refractivity contribution is 8.00. The number of ether oxygens (including phenoxy) is 2. The molecule has 0 saturated carbocycles. The Kier molecular flexibility index (Phi) is 7.45. The Morgan fingerprint density at radius 2 is 1.68 bits per heavy atom. The minimum absolute atomic E-state index is 0.105. The van der Waals surface area contributed by atoms with Crippen molar-refractivity contribution >= 4 is 29.5 Å². The van der Waals surface area contributed by atoms with Gasteiger partial charge in [-0.05, 0) is 46.2 Å². The molecule has 150 valence electrons. The standard InChI is InChI=1S/C21H25NO5S/c1-6-26-21(25)20-15(5)22-14(4)19(20)16(23)10-27-18(24)11-28-17-9-12(2)7-8-13(17)3/h7-9,22H,6,10-11H2,1-5H3. The number of esters is 2. The van der Waals surface area contributed by atoms with Crippen molar-refractivity contribution in [2.24, 2.45) is 0 Å². The number of hydrogen-bond donors (Lipinski definition) is 1. The van der Waals surface area contributed by atoms with Crippen LogP contribution in [0.2, 0.25) is 0 Å². The molecule has 7 heteroatoms. The number of aromatic amines is 1. The summed E-state index contributed by atoms with van der Waals surface area (Å²) in [6.07, 6.45) is 0. The quantitative estimate of drug-likeness (QED) is 0.408. The Balaban J connectivity index is 1.99. The SMILES string of the molecule is CCOC(=O)c1c(C)[nH]c(C)c1C(=O)COC(=O)CSc1cc(C)ccc1C. The van der Waals surface area contributed by atoms with Gasteiger partial charge in [-0.3, -0.25) is 9.59 Å². The van der Waals surface area contributed by atoms with Gasteiger partial charge in [0.25, 0.3) is 0 Å².